The molecule has 0 saturated carbocycles. The van der Waals surface area contributed by atoms with Crippen molar-refractivity contribution in [2.75, 3.05) is 7.11 Å². The van der Waals surface area contributed by atoms with Crippen LogP contribution in [0, 0.1) is 6.92 Å². The van der Waals surface area contributed by atoms with E-state index in [1.807, 2.05) is 37.3 Å². The minimum atomic E-state index is -0.0453. The lowest BCUT2D eigenvalue weighted by Gasteiger charge is -2.19. The molecule has 2 aromatic rings. The van der Waals surface area contributed by atoms with Gasteiger partial charge < -0.3 is 4.74 Å². The van der Waals surface area contributed by atoms with E-state index in [0.29, 0.717) is 11.4 Å². The summed E-state index contributed by atoms with van der Waals surface area (Å²) >= 11 is 6.06. The normalized spacial score (nSPS) is 12.2. The van der Waals surface area contributed by atoms with Crippen LogP contribution in [0.15, 0.2) is 36.5 Å². The van der Waals surface area contributed by atoms with Crippen LogP contribution in [0.1, 0.15) is 22.9 Å². The molecule has 0 aliphatic heterocycles. The lowest BCUT2D eigenvalue weighted by Crippen LogP contribution is -2.30. The maximum Gasteiger partial charge on any atom is 0.122 e. The smallest absolute Gasteiger partial charge is 0.122 e. The van der Waals surface area contributed by atoms with E-state index in [1.165, 1.54) is 0 Å². The van der Waals surface area contributed by atoms with Crippen molar-refractivity contribution in [3.63, 3.8) is 0 Å². The molecule has 1 atom stereocenters. The summed E-state index contributed by atoms with van der Waals surface area (Å²) in [7, 11) is 1.65. The van der Waals surface area contributed by atoms with Crippen LogP contribution < -0.4 is 16.0 Å². The van der Waals surface area contributed by atoms with E-state index >= 15 is 0 Å². The first kappa shape index (κ1) is 14.8. The minimum Gasteiger partial charge on any atom is -0.496 e. The van der Waals surface area contributed by atoms with Crippen molar-refractivity contribution in [3.8, 4) is 5.75 Å². The maximum absolute atomic E-state index is 6.06. The second-order valence-corrected chi connectivity index (χ2v) is 4.99. The van der Waals surface area contributed by atoms with Crippen LogP contribution in [0.5, 0.6) is 5.75 Å². The number of hydrogen-bond acceptors (Lipinski definition) is 4. The number of nitrogens with zero attached hydrogens (tertiary/aromatic N) is 1. The largest absolute Gasteiger partial charge is 0.496 e. The molecular weight excluding hydrogens is 274 g/mol. The summed E-state index contributed by atoms with van der Waals surface area (Å²) in [6, 6.07) is 9.45. The van der Waals surface area contributed by atoms with Gasteiger partial charge in [0.25, 0.3) is 0 Å². The summed E-state index contributed by atoms with van der Waals surface area (Å²) in [5, 5.41) is 0.680. The van der Waals surface area contributed by atoms with Gasteiger partial charge in [-0.1, -0.05) is 17.7 Å². The Balaban J connectivity index is 2.31. The zero-order valence-corrected chi connectivity index (χ0v) is 12.3. The first-order chi connectivity index (χ1) is 9.65. The number of nitrogens with two attached hydrogens (primary N) is 1. The molecule has 0 aliphatic carbocycles. The topological polar surface area (TPSA) is 60.2 Å². The fraction of sp³-hybridized carbons (Fsp3) is 0.267. The third-order valence-corrected chi connectivity index (χ3v) is 3.53. The first-order valence-corrected chi connectivity index (χ1v) is 6.73. The summed E-state index contributed by atoms with van der Waals surface area (Å²) in [6.07, 6.45) is 2.44. The van der Waals surface area contributed by atoms with Crippen LogP contribution in [0.3, 0.4) is 0 Å². The fourth-order valence-corrected chi connectivity index (χ4v) is 2.44. The average Bonchev–Trinajstić information content (AvgIpc) is 2.46. The highest BCUT2D eigenvalue weighted by molar-refractivity contribution is 6.30. The zero-order valence-electron chi connectivity index (χ0n) is 11.6. The molecule has 1 heterocycles. The van der Waals surface area contributed by atoms with Crippen LogP contribution in [0.2, 0.25) is 5.02 Å². The van der Waals surface area contributed by atoms with Crippen molar-refractivity contribution in [3.05, 3.63) is 58.4 Å². The van der Waals surface area contributed by atoms with Gasteiger partial charge in [-0.2, -0.15) is 0 Å². The lowest BCUT2D eigenvalue weighted by molar-refractivity contribution is 0.405. The number of halogens is 1. The van der Waals surface area contributed by atoms with Gasteiger partial charge in [0.1, 0.15) is 5.75 Å². The summed E-state index contributed by atoms with van der Waals surface area (Å²) < 4.78 is 5.37. The molecule has 5 heteroatoms. The Kier molecular flexibility index (Phi) is 4.95. The van der Waals surface area contributed by atoms with Crippen LogP contribution in [0.25, 0.3) is 0 Å². The molecular formula is C15H18ClN3O. The number of pyridine rings is 1. The molecule has 0 radical (unpaired) electrons. The molecule has 0 amide bonds. The second kappa shape index (κ2) is 6.70. The van der Waals surface area contributed by atoms with E-state index < -0.39 is 0 Å². The van der Waals surface area contributed by atoms with E-state index in [0.717, 1.165) is 22.6 Å². The summed E-state index contributed by atoms with van der Waals surface area (Å²) in [6.45, 7) is 1.97. The summed E-state index contributed by atoms with van der Waals surface area (Å²) in [5.74, 6) is 6.50. The molecule has 3 N–H and O–H groups in total. The monoisotopic (exact) mass is 291 g/mol. The number of aryl methyl sites for hydroxylation is 1. The van der Waals surface area contributed by atoms with Crippen molar-refractivity contribution >= 4 is 11.6 Å². The molecule has 20 heavy (non-hydrogen) atoms. The Morgan fingerprint density at radius 1 is 1.40 bits per heavy atom. The van der Waals surface area contributed by atoms with Gasteiger partial charge in [-0.15, -0.1) is 0 Å². The van der Waals surface area contributed by atoms with Crippen LogP contribution in [-0.4, -0.2) is 12.1 Å². The number of hydrazine groups is 1. The van der Waals surface area contributed by atoms with E-state index in [9.17, 15) is 0 Å². The number of methoxy groups -OCH3 is 1. The summed E-state index contributed by atoms with van der Waals surface area (Å²) in [4.78, 5) is 4.30. The molecule has 106 valence electrons. The van der Waals surface area contributed by atoms with E-state index in [4.69, 9.17) is 22.2 Å². The first-order valence-electron chi connectivity index (χ1n) is 6.35. The van der Waals surface area contributed by atoms with Gasteiger partial charge in [-0.25, -0.2) is 0 Å². The fourth-order valence-electron chi connectivity index (χ4n) is 2.25. The number of aromatic nitrogens is 1. The van der Waals surface area contributed by atoms with Gasteiger partial charge in [0.2, 0.25) is 0 Å². The number of hydrogen-bond donors (Lipinski definition) is 2. The van der Waals surface area contributed by atoms with E-state index in [2.05, 4.69) is 10.4 Å². The SMILES string of the molecule is COc1ccc(Cl)cc1CC(NN)c1cccnc1C. The van der Waals surface area contributed by atoms with Crippen LogP contribution >= 0.6 is 11.6 Å². The van der Waals surface area contributed by atoms with Crippen molar-refractivity contribution < 1.29 is 4.74 Å². The summed E-state index contributed by atoms with van der Waals surface area (Å²) in [5.41, 5.74) is 5.87. The van der Waals surface area contributed by atoms with Crippen molar-refractivity contribution in [1.82, 2.24) is 10.4 Å². The highest BCUT2D eigenvalue weighted by atomic mass is 35.5. The Labute approximate surface area is 123 Å². The molecule has 0 aliphatic rings. The molecule has 1 unspecified atom stereocenters. The minimum absolute atomic E-state index is 0.0453. The Hall–Kier alpha value is -1.62. The molecule has 4 nitrogen and oxygen atoms in total. The third-order valence-electron chi connectivity index (χ3n) is 3.29. The molecule has 0 bridgehead atoms. The quantitative estimate of drug-likeness (QED) is 0.657. The maximum atomic E-state index is 6.06. The highest BCUT2D eigenvalue weighted by Gasteiger charge is 2.16. The predicted octanol–water partition coefficient (Wildman–Crippen LogP) is 2.80. The van der Waals surface area contributed by atoms with Crippen molar-refractivity contribution in [2.24, 2.45) is 5.84 Å². The number of rotatable bonds is 5. The van der Waals surface area contributed by atoms with Gasteiger partial charge in [0, 0.05) is 16.9 Å². The number of nitrogens with one attached hydrogen (secondary N) is 1. The van der Waals surface area contributed by atoms with E-state index in [1.54, 1.807) is 13.3 Å². The van der Waals surface area contributed by atoms with Gasteiger partial charge in [0.05, 0.1) is 13.2 Å². The van der Waals surface area contributed by atoms with Crippen molar-refractivity contribution in [1.29, 1.82) is 0 Å². The van der Waals surface area contributed by atoms with Gasteiger partial charge in [-0.05, 0) is 48.7 Å². The van der Waals surface area contributed by atoms with Crippen molar-refractivity contribution in [2.45, 2.75) is 19.4 Å². The average molecular weight is 292 g/mol. The number of benzene rings is 1. The second-order valence-electron chi connectivity index (χ2n) is 4.56. The van der Waals surface area contributed by atoms with Gasteiger partial charge in [-0.3, -0.25) is 16.3 Å². The molecule has 0 saturated heterocycles. The Morgan fingerprint density at radius 3 is 2.85 bits per heavy atom. The number of ether oxygens (including phenoxy) is 1. The van der Waals surface area contributed by atoms with Gasteiger partial charge in [0.15, 0.2) is 0 Å². The molecule has 2 rings (SSSR count). The third kappa shape index (κ3) is 3.28. The molecule has 0 spiro atoms. The standard InChI is InChI=1S/C15H18ClN3O/c1-10-13(4-3-7-18-10)14(19-17)9-11-8-12(16)5-6-15(11)20-2/h3-8,14,19H,9,17H2,1-2H3. The molecule has 1 aromatic carbocycles. The predicted molar refractivity (Wildman–Crippen MR) is 80.7 cm³/mol. The molecule has 0 fully saturated rings. The van der Waals surface area contributed by atoms with E-state index in [-0.39, 0.29) is 6.04 Å². The Bertz CT molecular complexity index is 589. The van der Waals surface area contributed by atoms with Crippen LogP contribution in [-0.2, 0) is 6.42 Å². The van der Waals surface area contributed by atoms with Gasteiger partial charge >= 0.3 is 0 Å². The molecule has 1 aromatic heterocycles. The highest BCUT2D eigenvalue weighted by Crippen LogP contribution is 2.28. The Morgan fingerprint density at radius 2 is 2.20 bits per heavy atom. The van der Waals surface area contributed by atoms with Crippen LogP contribution in [0.4, 0.5) is 0 Å². The lowest BCUT2D eigenvalue weighted by atomic mass is 9.98. The zero-order chi connectivity index (χ0) is 14.5.